The van der Waals surface area contributed by atoms with Gasteiger partial charge in [0.05, 0.1) is 18.3 Å². The van der Waals surface area contributed by atoms with Gasteiger partial charge in [-0.2, -0.15) is 0 Å². The van der Waals surface area contributed by atoms with E-state index in [-0.39, 0.29) is 12.6 Å². The minimum absolute atomic E-state index is 0.235. The monoisotopic (exact) mass is 223 g/mol. The molecule has 1 heterocycles. The molecule has 1 N–H and O–H groups in total. The van der Waals surface area contributed by atoms with Crippen LogP contribution in [0.25, 0.3) is 0 Å². The molecule has 0 saturated carbocycles. The molecule has 1 unspecified atom stereocenters. The predicted molar refractivity (Wildman–Crippen MR) is 65.8 cm³/mol. The molecule has 2 rings (SSSR count). The molecular weight excluding hydrogens is 206 g/mol. The summed E-state index contributed by atoms with van der Waals surface area (Å²) < 4.78 is 0. The van der Waals surface area contributed by atoms with Crippen LogP contribution in [0.4, 0.5) is 5.69 Å². The largest absolute Gasteiger partial charge is 0.394 e. The molecule has 0 fully saturated rings. The minimum atomic E-state index is 0.235. The fourth-order valence-electron chi connectivity index (χ4n) is 1.86. The summed E-state index contributed by atoms with van der Waals surface area (Å²) in [5, 5.41) is 9.23. The van der Waals surface area contributed by atoms with Crippen molar-refractivity contribution in [1.29, 1.82) is 0 Å². The van der Waals surface area contributed by atoms with Crippen molar-refractivity contribution in [3.63, 3.8) is 0 Å². The van der Waals surface area contributed by atoms with Crippen LogP contribution in [0.3, 0.4) is 0 Å². The highest BCUT2D eigenvalue weighted by atomic mass is 32.2. The van der Waals surface area contributed by atoms with E-state index < -0.39 is 0 Å². The summed E-state index contributed by atoms with van der Waals surface area (Å²) in [5.74, 6) is 0.979. The lowest BCUT2D eigenvalue weighted by Crippen LogP contribution is -2.39. The molecule has 1 aliphatic heterocycles. The van der Waals surface area contributed by atoms with Crippen molar-refractivity contribution >= 4 is 17.4 Å². The summed E-state index contributed by atoms with van der Waals surface area (Å²) >= 11 is 1.85. The quantitative estimate of drug-likeness (QED) is 0.831. The van der Waals surface area contributed by atoms with E-state index in [1.54, 1.807) is 0 Å². The van der Waals surface area contributed by atoms with Crippen LogP contribution < -0.4 is 4.90 Å². The lowest BCUT2D eigenvalue weighted by molar-refractivity contribution is 0.271. The molecule has 1 aromatic rings. The van der Waals surface area contributed by atoms with Gasteiger partial charge in [0.2, 0.25) is 0 Å². The van der Waals surface area contributed by atoms with E-state index in [0.29, 0.717) is 0 Å². The average Bonchev–Trinajstić information content (AvgIpc) is 2.29. The van der Waals surface area contributed by atoms with Crippen molar-refractivity contribution < 1.29 is 5.11 Å². The third-order valence-electron chi connectivity index (χ3n) is 3.00. The van der Waals surface area contributed by atoms with Gasteiger partial charge in [-0.25, -0.2) is 0 Å². The molecule has 2 nitrogen and oxygen atoms in total. The van der Waals surface area contributed by atoms with E-state index in [0.717, 1.165) is 12.2 Å². The number of fused-ring (bicyclic) bond motifs is 1. The number of nitrogens with zero attached hydrogens (tertiary/aromatic N) is 1. The Morgan fingerprint density at radius 2 is 2.33 bits per heavy atom. The van der Waals surface area contributed by atoms with Crippen LogP contribution in [-0.4, -0.2) is 30.6 Å². The summed E-state index contributed by atoms with van der Waals surface area (Å²) in [6, 6.07) is 6.87. The summed E-state index contributed by atoms with van der Waals surface area (Å²) in [6.45, 7) is 2.41. The van der Waals surface area contributed by atoms with Crippen LogP contribution in [0.1, 0.15) is 12.5 Å². The third kappa shape index (κ3) is 1.99. The summed E-state index contributed by atoms with van der Waals surface area (Å²) in [7, 11) is 2.06. The Morgan fingerprint density at radius 1 is 1.53 bits per heavy atom. The van der Waals surface area contributed by atoms with E-state index in [1.165, 1.54) is 16.1 Å². The SMILES string of the molecule is CCc1ccc2c(c1)SCC(CO)N2C. The Balaban J connectivity index is 2.33. The molecule has 0 amide bonds. The van der Waals surface area contributed by atoms with Gasteiger partial charge in [-0.1, -0.05) is 13.0 Å². The molecule has 82 valence electrons. The van der Waals surface area contributed by atoms with Crippen molar-refractivity contribution in [2.24, 2.45) is 0 Å². The highest BCUT2D eigenvalue weighted by Crippen LogP contribution is 2.37. The van der Waals surface area contributed by atoms with Gasteiger partial charge in [0.15, 0.2) is 0 Å². The van der Waals surface area contributed by atoms with Crippen LogP contribution in [-0.2, 0) is 6.42 Å². The molecule has 0 bridgehead atoms. The Morgan fingerprint density at radius 3 is 3.00 bits per heavy atom. The third-order valence-corrected chi connectivity index (χ3v) is 4.19. The Labute approximate surface area is 95.3 Å². The zero-order valence-electron chi connectivity index (χ0n) is 9.23. The van der Waals surface area contributed by atoms with E-state index in [9.17, 15) is 5.11 Å². The first-order chi connectivity index (χ1) is 7.26. The maximum Gasteiger partial charge on any atom is 0.0643 e. The van der Waals surface area contributed by atoms with Gasteiger partial charge in [-0.15, -0.1) is 11.8 Å². The summed E-state index contributed by atoms with van der Waals surface area (Å²) in [6.07, 6.45) is 1.08. The van der Waals surface area contributed by atoms with E-state index in [4.69, 9.17) is 0 Å². The van der Waals surface area contributed by atoms with Crippen LogP contribution in [0.2, 0.25) is 0 Å². The lowest BCUT2D eigenvalue weighted by atomic mass is 10.1. The molecule has 15 heavy (non-hydrogen) atoms. The zero-order valence-corrected chi connectivity index (χ0v) is 10.0. The standard InChI is InChI=1S/C12H17NOS/c1-3-9-4-5-11-12(6-9)15-8-10(7-14)13(11)2/h4-6,10,14H,3,7-8H2,1-2H3. The number of rotatable bonds is 2. The molecule has 1 atom stereocenters. The number of benzene rings is 1. The fraction of sp³-hybridized carbons (Fsp3) is 0.500. The first kappa shape index (κ1) is 10.8. The number of hydrogen-bond donors (Lipinski definition) is 1. The van der Waals surface area contributed by atoms with Crippen molar-refractivity contribution in [2.75, 3.05) is 24.3 Å². The average molecular weight is 223 g/mol. The number of likely N-dealkylation sites (N-methyl/N-ethyl adjacent to an activating group) is 1. The molecule has 0 aromatic heterocycles. The Kier molecular flexibility index (Phi) is 3.22. The number of thioether (sulfide) groups is 1. The second kappa shape index (κ2) is 4.45. The molecule has 0 saturated heterocycles. The molecule has 0 spiro atoms. The minimum Gasteiger partial charge on any atom is -0.394 e. The highest BCUT2D eigenvalue weighted by Gasteiger charge is 2.22. The molecule has 1 aliphatic rings. The highest BCUT2D eigenvalue weighted by molar-refractivity contribution is 7.99. The van der Waals surface area contributed by atoms with E-state index in [2.05, 4.69) is 37.1 Å². The van der Waals surface area contributed by atoms with Gasteiger partial charge in [0.25, 0.3) is 0 Å². The first-order valence-corrected chi connectivity index (χ1v) is 6.34. The number of aliphatic hydroxyl groups is 1. The number of anilines is 1. The van der Waals surface area contributed by atoms with Gasteiger partial charge in [-0.3, -0.25) is 0 Å². The Hall–Kier alpha value is -0.670. The second-order valence-corrected chi connectivity index (χ2v) is 4.98. The maximum atomic E-state index is 9.23. The smallest absolute Gasteiger partial charge is 0.0643 e. The normalized spacial score (nSPS) is 20.2. The molecule has 3 heteroatoms. The van der Waals surface area contributed by atoms with Gasteiger partial charge in [0, 0.05) is 17.7 Å². The van der Waals surface area contributed by atoms with E-state index >= 15 is 0 Å². The summed E-state index contributed by atoms with van der Waals surface area (Å²) in [5.41, 5.74) is 2.64. The maximum absolute atomic E-state index is 9.23. The van der Waals surface area contributed by atoms with Crippen molar-refractivity contribution in [3.8, 4) is 0 Å². The predicted octanol–water partition coefficient (Wildman–Crippen LogP) is 2.15. The second-order valence-electron chi connectivity index (χ2n) is 3.91. The van der Waals surface area contributed by atoms with Gasteiger partial charge < -0.3 is 10.0 Å². The molecule has 0 radical (unpaired) electrons. The summed E-state index contributed by atoms with van der Waals surface area (Å²) in [4.78, 5) is 3.53. The number of hydrogen-bond acceptors (Lipinski definition) is 3. The van der Waals surface area contributed by atoms with Crippen LogP contribution in [0.15, 0.2) is 23.1 Å². The van der Waals surface area contributed by atoms with E-state index in [1.807, 2.05) is 11.8 Å². The number of aliphatic hydroxyl groups excluding tert-OH is 1. The van der Waals surface area contributed by atoms with Crippen LogP contribution >= 0.6 is 11.8 Å². The van der Waals surface area contributed by atoms with Crippen molar-refractivity contribution in [3.05, 3.63) is 23.8 Å². The molecule has 1 aromatic carbocycles. The molecular formula is C12H17NOS. The van der Waals surface area contributed by atoms with Gasteiger partial charge in [-0.05, 0) is 24.1 Å². The zero-order chi connectivity index (χ0) is 10.8. The fourth-order valence-corrected chi connectivity index (χ4v) is 3.15. The van der Waals surface area contributed by atoms with Crippen LogP contribution in [0, 0.1) is 0 Å². The topological polar surface area (TPSA) is 23.5 Å². The lowest BCUT2D eigenvalue weighted by Gasteiger charge is -2.34. The Bertz CT molecular complexity index is 353. The first-order valence-electron chi connectivity index (χ1n) is 5.35. The van der Waals surface area contributed by atoms with Crippen molar-refractivity contribution in [2.45, 2.75) is 24.3 Å². The molecule has 0 aliphatic carbocycles. The van der Waals surface area contributed by atoms with Crippen molar-refractivity contribution in [1.82, 2.24) is 0 Å². The van der Waals surface area contributed by atoms with Gasteiger partial charge in [0.1, 0.15) is 0 Å². The number of aryl methyl sites for hydroxylation is 1. The van der Waals surface area contributed by atoms with Gasteiger partial charge >= 0.3 is 0 Å². The van der Waals surface area contributed by atoms with Crippen LogP contribution in [0.5, 0.6) is 0 Å².